The summed E-state index contributed by atoms with van der Waals surface area (Å²) in [6, 6.07) is 7.52. The molecule has 1 saturated carbocycles. The third-order valence-corrected chi connectivity index (χ3v) is 8.34. The minimum absolute atomic E-state index is 0.133. The molecule has 0 bridgehead atoms. The molecule has 2 aromatic heterocycles. The maximum atomic E-state index is 13.6. The largest absolute Gasteiger partial charge is 0.447 e. The van der Waals surface area contributed by atoms with Gasteiger partial charge in [0.2, 0.25) is 0 Å². The van der Waals surface area contributed by atoms with Crippen LogP contribution < -0.4 is 20.0 Å². The highest BCUT2D eigenvalue weighted by Crippen LogP contribution is 2.54. The van der Waals surface area contributed by atoms with E-state index in [2.05, 4.69) is 20.1 Å². The molecular formula is C28H36N6O4. The van der Waals surface area contributed by atoms with E-state index >= 15 is 0 Å². The fraction of sp³-hybridized carbons (Fsp3) is 0.571. The number of ether oxygens (including phenoxy) is 2. The Bertz CT molecular complexity index is 1240. The average Bonchev–Trinajstić information content (AvgIpc) is 3.60. The summed E-state index contributed by atoms with van der Waals surface area (Å²) in [4.78, 5) is 41.5. The molecule has 1 atom stereocenters. The number of morpholine rings is 1. The van der Waals surface area contributed by atoms with E-state index in [-0.39, 0.29) is 12.0 Å². The highest BCUT2D eigenvalue weighted by Gasteiger charge is 2.45. The van der Waals surface area contributed by atoms with Crippen molar-refractivity contribution in [1.29, 1.82) is 0 Å². The number of pyridine rings is 2. The Balaban J connectivity index is 1.28. The van der Waals surface area contributed by atoms with Crippen LogP contribution in [0.4, 0.5) is 27.9 Å². The molecule has 1 N–H and O–H groups in total. The van der Waals surface area contributed by atoms with Gasteiger partial charge in [0.25, 0.3) is 5.91 Å². The topological polar surface area (TPSA) is 100 Å². The van der Waals surface area contributed by atoms with Gasteiger partial charge in [0.05, 0.1) is 29.5 Å². The van der Waals surface area contributed by atoms with Gasteiger partial charge in [-0.25, -0.2) is 14.8 Å². The number of piperidine rings is 1. The van der Waals surface area contributed by atoms with Crippen molar-refractivity contribution in [3.05, 3.63) is 36.0 Å². The second-order valence-electron chi connectivity index (χ2n) is 11.7. The standard InChI is InChI=1S/C28H36N6O4/c1-19-17-33(13-14-37-19)23-6-4-5-22(30-23)31-25(35)20-16-29-24(34-26(36)38-18-27(34,2)3)15-21(20)32-11-9-28(7-8-28)10-12-32/h4-6,15-16,19H,7-14,17-18H2,1-3H3,(H,30,31,35)/t19-/m1/s1. The van der Waals surface area contributed by atoms with Crippen molar-refractivity contribution < 1.29 is 19.1 Å². The molecule has 202 valence electrons. The smallest absolute Gasteiger partial charge is 0.416 e. The molecule has 0 unspecified atom stereocenters. The van der Waals surface area contributed by atoms with Crippen molar-refractivity contribution >= 4 is 35.1 Å². The van der Waals surface area contributed by atoms with Gasteiger partial charge in [-0.2, -0.15) is 0 Å². The zero-order chi connectivity index (χ0) is 26.5. The van der Waals surface area contributed by atoms with E-state index in [4.69, 9.17) is 14.5 Å². The molecule has 3 aliphatic heterocycles. The highest BCUT2D eigenvalue weighted by molar-refractivity contribution is 6.08. The van der Waals surface area contributed by atoms with Crippen molar-refractivity contribution in [2.75, 3.05) is 59.4 Å². The third kappa shape index (κ3) is 4.77. The van der Waals surface area contributed by atoms with Crippen LogP contribution in [0.1, 0.15) is 56.8 Å². The van der Waals surface area contributed by atoms with Crippen molar-refractivity contribution in [2.45, 2.75) is 58.1 Å². The van der Waals surface area contributed by atoms with Gasteiger partial charge in [-0.15, -0.1) is 0 Å². The normalized spacial score (nSPS) is 23.9. The molecule has 10 heteroatoms. The fourth-order valence-corrected chi connectivity index (χ4v) is 5.79. The monoisotopic (exact) mass is 520 g/mol. The number of hydrogen-bond donors (Lipinski definition) is 1. The molecule has 38 heavy (non-hydrogen) atoms. The van der Waals surface area contributed by atoms with Crippen LogP contribution in [0.5, 0.6) is 0 Å². The molecule has 1 spiro atoms. The van der Waals surface area contributed by atoms with Crippen LogP contribution in [-0.2, 0) is 9.47 Å². The lowest BCUT2D eigenvalue weighted by Gasteiger charge is -2.35. The first-order valence-electron chi connectivity index (χ1n) is 13.6. The van der Waals surface area contributed by atoms with Gasteiger partial charge in [0.15, 0.2) is 0 Å². The number of amides is 2. The number of rotatable bonds is 5. The van der Waals surface area contributed by atoms with E-state index in [0.717, 1.165) is 50.5 Å². The quantitative estimate of drug-likeness (QED) is 0.630. The van der Waals surface area contributed by atoms with Crippen LogP contribution in [0.15, 0.2) is 30.5 Å². The minimum Gasteiger partial charge on any atom is -0.447 e. The summed E-state index contributed by atoms with van der Waals surface area (Å²) in [5.74, 6) is 1.53. The summed E-state index contributed by atoms with van der Waals surface area (Å²) in [6.07, 6.45) is 6.13. The Morgan fingerprint density at radius 1 is 1.08 bits per heavy atom. The summed E-state index contributed by atoms with van der Waals surface area (Å²) in [7, 11) is 0. The number of anilines is 4. The van der Waals surface area contributed by atoms with Crippen LogP contribution in [0.25, 0.3) is 0 Å². The molecule has 3 saturated heterocycles. The first-order valence-corrected chi connectivity index (χ1v) is 13.6. The number of hydrogen-bond acceptors (Lipinski definition) is 8. The second-order valence-corrected chi connectivity index (χ2v) is 11.7. The highest BCUT2D eigenvalue weighted by atomic mass is 16.6. The van der Waals surface area contributed by atoms with Gasteiger partial charge < -0.3 is 24.6 Å². The summed E-state index contributed by atoms with van der Waals surface area (Å²) in [6.45, 7) is 10.2. The number of nitrogens with one attached hydrogen (secondary N) is 1. The van der Waals surface area contributed by atoms with E-state index in [9.17, 15) is 9.59 Å². The van der Waals surface area contributed by atoms with Crippen LogP contribution >= 0.6 is 0 Å². The molecule has 2 amide bonds. The van der Waals surface area contributed by atoms with E-state index in [1.54, 1.807) is 17.2 Å². The van der Waals surface area contributed by atoms with Gasteiger partial charge >= 0.3 is 6.09 Å². The van der Waals surface area contributed by atoms with Crippen molar-refractivity contribution in [1.82, 2.24) is 9.97 Å². The van der Waals surface area contributed by atoms with Gasteiger partial charge in [0, 0.05) is 38.4 Å². The van der Waals surface area contributed by atoms with Gasteiger partial charge in [-0.1, -0.05) is 6.07 Å². The van der Waals surface area contributed by atoms with Gasteiger partial charge in [-0.05, 0) is 64.0 Å². The average molecular weight is 521 g/mol. The molecular weight excluding hydrogens is 484 g/mol. The van der Waals surface area contributed by atoms with Crippen molar-refractivity contribution in [3.63, 3.8) is 0 Å². The zero-order valence-corrected chi connectivity index (χ0v) is 22.4. The van der Waals surface area contributed by atoms with Gasteiger partial charge in [0.1, 0.15) is 24.1 Å². The molecule has 6 rings (SSSR count). The molecule has 5 heterocycles. The Kier molecular flexibility index (Phi) is 6.17. The lowest BCUT2D eigenvalue weighted by atomic mass is 9.93. The third-order valence-electron chi connectivity index (χ3n) is 8.34. The molecule has 0 radical (unpaired) electrons. The van der Waals surface area contributed by atoms with Gasteiger partial charge in [-0.3, -0.25) is 9.69 Å². The van der Waals surface area contributed by atoms with E-state index in [1.165, 1.54) is 12.8 Å². The number of nitrogens with zero attached hydrogens (tertiary/aromatic N) is 5. The number of carbonyl (C=O) groups is 2. The summed E-state index contributed by atoms with van der Waals surface area (Å²) in [5.41, 5.74) is 1.23. The Hall–Kier alpha value is -3.40. The van der Waals surface area contributed by atoms with E-state index < -0.39 is 11.6 Å². The predicted molar refractivity (Wildman–Crippen MR) is 145 cm³/mol. The molecule has 2 aromatic rings. The second kappa shape index (κ2) is 9.41. The predicted octanol–water partition coefficient (Wildman–Crippen LogP) is 4.07. The molecule has 4 fully saturated rings. The van der Waals surface area contributed by atoms with Crippen molar-refractivity contribution in [2.24, 2.45) is 5.41 Å². The molecule has 1 aliphatic carbocycles. The number of aromatic nitrogens is 2. The lowest BCUT2D eigenvalue weighted by molar-refractivity contribution is 0.0529. The fourth-order valence-electron chi connectivity index (χ4n) is 5.79. The van der Waals surface area contributed by atoms with Crippen LogP contribution in [-0.4, -0.2) is 73.0 Å². The summed E-state index contributed by atoms with van der Waals surface area (Å²) < 4.78 is 11.0. The minimum atomic E-state index is -0.521. The van der Waals surface area contributed by atoms with Crippen LogP contribution in [0.3, 0.4) is 0 Å². The molecule has 4 aliphatic rings. The van der Waals surface area contributed by atoms with Crippen LogP contribution in [0, 0.1) is 5.41 Å². The summed E-state index contributed by atoms with van der Waals surface area (Å²) in [5, 5.41) is 2.99. The number of carbonyl (C=O) groups excluding carboxylic acids is 2. The Labute approximate surface area is 223 Å². The first kappa shape index (κ1) is 24.9. The summed E-state index contributed by atoms with van der Waals surface area (Å²) >= 11 is 0. The van der Waals surface area contributed by atoms with Crippen molar-refractivity contribution in [3.8, 4) is 0 Å². The lowest BCUT2D eigenvalue weighted by Crippen LogP contribution is -2.43. The number of cyclic esters (lactones) is 1. The molecule has 0 aromatic carbocycles. The first-order chi connectivity index (χ1) is 18.2. The van der Waals surface area contributed by atoms with Crippen LogP contribution in [0.2, 0.25) is 0 Å². The Morgan fingerprint density at radius 2 is 1.87 bits per heavy atom. The van der Waals surface area contributed by atoms with E-state index in [0.29, 0.717) is 35.8 Å². The Morgan fingerprint density at radius 3 is 2.55 bits per heavy atom. The maximum absolute atomic E-state index is 13.6. The van der Waals surface area contributed by atoms with E-state index in [1.807, 2.05) is 39.0 Å². The molecule has 10 nitrogen and oxygen atoms in total. The SMILES string of the molecule is C[C@@H]1CN(c2cccc(NC(=O)c3cnc(N4C(=O)OCC4(C)C)cc3N3CCC4(CC3)CC4)n2)CCO1. The zero-order valence-electron chi connectivity index (χ0n) is 22.4. The maximum Gasteiger partial charge on any atom is 0.416 e.